The molecule has 2 rings (SSSR count). The third kappa shape index (κ3) is 4.41. The van der Waals surface area contributed by atoms with Crippen molar-refractivity contribution in [1.29, 1.82) is 0 Å². The Bertz CT molecular complexity index is 521. The zero-order chi connectivity index (χ0) is 13.7. The Morgan fingerprint density at radius 3 is 2.68 bits per heavy atom. The molecule has 1 aromatic carbocycles. The van der Waals surface area contributed by atoms with Gasteiger partial charge in [-0.1, -0.05) is 30.7 Å². The van der Waals surface area contributed by atoms with Crippen LogP contribution in [0, 0.1) is 0 Å². The Labute approximate surface area is 119 Å². The standard InChI is InChI=1S/C16H20ClNO/c1-3-15-7-8-16(19-15)11-18-12(2)9-13-5-4-6-14(17)10-13/h4-8,10,12,18H,3,9,11H2,1-2H3. The van der Waals surface area contributed by atoms with Gasteiger partial charge in [0.2, 0.25) is 0 Å². The third-order valence-corrected chi connectivity index (χ3v) is 3.36. The van der Waals surface area contributed by atoms with Gasteiger partial charge in [-0.3, -0.25) is 0 Å². The predicted octanol–water partition coefficient (Wildman–Crippen LogP) is 4.22. The average molecular weight is 278 g/mol. The van der Waals surface area contributed by atoms with Crippen LogP contribution in [0.1, 0.15) is 30.9 Å². The second-order valence-electron chi connectivity index (χ2n) is 4.84. The lowest BCUT2D eigenvalue weighted by Crippen LogP contribution is -2.27. The van der Waals surface area contributed by atoms with E-state index in [0.29, 0.717) is 6.04 Å². The molecule has 2 nitrogen and oxygen atoms in total. The molecule has 19 heavy (non-hydrogen) atoms. The Morgan fingerprint density at radius 2 is 2.00 bits per heavy atom. The molecule has 102 valence electrons. The minimum atomic E-state index is 0.383. The SMILES string of the molecule is CCc1ccc(CNC(C)Cc2cccc(Cl)c2)o1. The molecule has 0 amide bonds. The molecule has 0 saturated heterocycles. The van der Waals surface area contributed by atoms with E-state index in [0.717, 1.165) is 35.9 Å². The minimum Gasteiger partial charge on any atom is -0.465 e. The summed E-state index contributed by atoms with van der Waals surface area (Å²) < 4.78 is 5.67. The van der Waals surface area contributed by atoms with Gasteiger partial charge in [0.15, 0.2) is 0 Å². The summed E-state index contributed by atoms with van der Waals surface area (Å²) in [5, 5.41) is 4.26. The maximum Gasteiger partial charge on any atom is 0.117 e. The Morgan fingerprint density at radius 1 is 1.21 bits per heavy atom. The van der Waals surface area contributed by atoms with Crippen LogP contribution in [-0.2, 0) is 19.4 Å². The minimum absolute atomic E-state index is 0.383. The summed E-state index contributed by atoms with van der Waals surface area (Å²) in [6.07, 6.45) is 1.90. The second kappa shape index (κ2) is 6.78. The van der Waals surface area contributed by atoms with Crippen LogP contribution in [0.15, 0.2) is 40.8 Å². The molecule has 1 unspecified atom stereocenters. The topological polar surface area (TPSA) is 25.2 Å². The van der Waals surface area contributed by atoms with Gasteiger partial charge >= 0.3 is 0 Å². The molecule has 0 aliphatic rings. The quantitative estimate of drug-likeness (QED) is 0.855. The summed E-state index contributed by atoms with van der Waals surface area (Å²) in [5.41, 5.74) is 1.25. The van der Waals surface area contributed by atoms with Gasteiger partial charge in [0.05, 0.1) is 6.54 Å². The maximum absolute atomic E-state index is 5.98. The van der Waals surface area contributed by atoms with E-state index in [1.807, 2.05) is 30.3 Å². The van der Waals surface area contributed by atoms with E-state index in [-0.39, 0.29) is 0 Å². The van der Waals surface area contributed by atoms with Gasteiger partial charge in [0, 0.05) is 17.5 Å². The van der Waals surface area contributed by atoms with E-state index in [2.05, 4.69) is 25.2 Å². The van der Waals surface area contributed by atoms with Crippen LogP contribution in [-0.4, -0.2) is 6.04 Å². The maximum atomic E-state index is 5.98. The van der Waals surface area contributed by atoms with Gasteiger partial charge in [-0.05, 0) is 43.2 Å². The molecule has 0 radical (unpaired) electrons. The summed E-state index contributed by atoms with van der Waals surface area (Å²) in [6, 6.07) is 12.5. The van der Waals surface area contributed by atoms with E-state index < -0.39 is 0 Å². The average Bonchev–Trinajstić information content (AvgIpc) is 2.84. The molecule has 0 saturated carbocycles. The molecule has 1 atom stereocenters. The number of hydrogen-bond donors (Lipinski definition) is 1. The van der Waals surface area contributed by atoms with Crippen LogP contribution in [0.25, 0.3) is 0 Å². The van der Waals surface area contributed by atoms with Crippen molar-refractivity contribution >= 4 is 11.6 Å². The summed E-state index contributed by atoms with van der Waals surface area (Å²) in [7, 11) is 0. The number of rotatable bonds is 6. The van der Waals surface area contributed by atoms with Crippen molar-refractivity contribution in [2.24, 2.45) is 0 Å². The van der Waals surface area contributed by atoms with E-state index in [9.17, 15) is 0 Å². The first-order valence-corrected chi connectivity index (χ1v) is 7.10. The molecule has 1 heterocycles. The van der Waals surface area contributed by atoms with Gasteiger partial charge in [-0.25, -0.2) is 0 Å². The fraction of sp³-hybridized carbons (Fsp3) is 0.375. The first kappa shape index (κ1) is 14.2. The van der Waals surface area contributed by atoms with E-state index >= 15 is 0 Å². The van der Waals surface area contributed by atoms with E-state index in [1.54, 1.807) is 0 Å². The fourth-order valence-corrected chi connectivity index (χ4v) is 2.28. The number of furan rings is 1. The van der Waals surface area contributed by atoms with Gasteiger partial charge in [-0.2, -0.15) is 0 Å². The normalized spacial score (nSPS) is 12.6. The molecular formula is C16H20ClNO. The molecule has 0 aliphatic carbocycles. The van der Waals surface area contributed by atoms with Crippen molar-refractivity contribution in [3.8, 4) is 0 Å². The summed E-state index contributed by atoms with van der Waals surface area (Å²) in [5.74, 6) is 2.04. The van der Waals surface area contributed by atoms with Gasteiger partial charge in [0.1, 0.15) is 11.5 Å². The van der Waals surface area contributed by atoms with Crippen LogP contribution < -0.4 is 5.32 Å². The Balaban J connectivity index is 1.82. The van der Waals surface area contributed by atoms with Crippen molar-refractivity contribution < 1.29 is 4.42 Å². The molecular weight excluding hydrogens is 258 g/mol. The fourth-order valence-electron chi connectivity index (χ4n) is 2.07. The predicted molar refractivity (Wildman–Crippen MR) is 79.5 cm³/mol. The zero-order valence-corrected chi connectivity index (χ0v) is 12.2. The monoisotopic (exact) mass is 277 g/mol. The van der Waals surface area contributed by atoms with Crippen molar-refractivity contribution in [3.05, 3.63) is 58.5 Å². The van der Waals surface area contributed by atoms with E-state index in [1.165, 1.54) is 5.56 Å². The lowest BCUT2D eigenvalue weighted by molar-refractivity contribution is 0.431. The Kier molecular flexibility index (Phi) is 5.06. The summed E-state index contributed by atoms with van der Waals surface area (Å²) >= 11 is 5.98. The number of benzene rings is 1. The van der Waals surface area contributed by atoms with Crippen LogP contribution in [0.4, 0.5) is 0 Å². The lowest BCUT2D eigenvalue weighted by Gasteiger charge is -2.13. The number of aryl methyl sites for hydroxylation is 1. The highest BCUT2D eigenvalue weighted by atomic mass is 35.5. The summed E-state index contributed by atoms with van der Waals surface area (Å²) in [6.45, 7) is 5.03. The third-order valence-electron chi connectivity index (χ3n) is 3.12. The summed E-state index contributed by atoms with van der Waals surface area (Å²) in [4.78, 5) is 0. The molecule has 3 heteroatoms. The second-order valence-corrected chi connectivity index (χ2v) is 5.27. The van der Waals surface area contributed by atoms with Gasteiger partial charge in [0.25, 0.3) is 0 Å². The van der Waals surface area contributed by atoms with Gasteiger partial charge < -0.3 is 9.73 Å². The molecule has 1 N–H and O–H groups in total. The van der Waals surface area contributed by atoms with Crippen LogP contribution in [0.5, 0.6) is 0 Å². The Hall–Kier alpha value is -1.25. The van der Waals surface area contributed by atoms with Crippen LogP contribution >= 0.6 is 11.6 Å². The van der Waals surface area contributed by atoms with Crippen LogP contribution in [0.2, 0.25) is 5.02 Å². The first-order chi connectivity index (χ1) is 9.17. The van der Waals surface area contributed by atoms with Gasteiger partial charge in [-0.15, -0.1) is 0 Å². The molecule has 0 bridgehead atoms. The molecule has 0 aliphatic heterocycles. The highest BCUT2D eigenvalue weighted by molar-refractivity contribution is 6.30. The van der Waals surface area contributed by atoms with Crippen molar-refractivity contribution in [2.75, 3.05) is 0 Å². The highest BCUT2D eigenvalue weighted by Crippen LogP contribution is 2.13. The van der Waals surface area contributed by atoms with Crippen LogP contribution in [0.3, 0.4) is 0 Å². The molecule has 1 aromatic heterocycles. The van der Waals surface area contributed by atoms with Crippen molar-refractivity contribution in [2.45, 2.75) is 39.3 Å². The number of hydrogen-bond acceptors (Lipinski definition) is 2. The van der Waals surface area contributed by atoms with Crippen molar-refractivity contribution in [3.63, 3.8) is 0 Å². The molecule has 0 spiro atoms. The smallest absolute Gasteiger partial charge is 0.117 e. The lowest BCUT2D eigenvalue weighted by atomic mass is 10.1. The molecule has 2 aromatic rings. The highest BCUT2D eigenvalue weighted by Gasteiger charge is 2.06. The first-order valence-electron chi connectivity index (χ1n) is 6.72. The number of halogens is 1. The van der Waals surface area contributed by atoms with E-state index in [4.69, 9.17) is 16.0 Å². The molecule has 0 fully saturated rings. The van der Waals surface area contributed by atoms with Crippen molar-refractivity contribution in [1.82, 2.24) is 5.32 Å². The zero-order valence-electron chi connectivity index (χ0n) is 11.4. The number of nitrogens with one attached hydrogen (secondary N) is 1. The largest absolute Gasteiger partial charge is 0.465 e.